The molecule has 0 aliphatic heterocycles. The Morgan fingerprint density at radius 3 is 2.50 bits per heavy atom. The van der Waals surface area contributed by atoms with E-state index in [0.29, 0.717) is 6.61 Å². The molecule has 110 valence electrons. The van der Waals surface area contributed by atoms with Crippen LogP contribution in [-0.2, 0) is 11.3 Å². The number of rotatable bonds is 9. The molecule has 1 aromatic carbocycles. The molecule has 0 aliphatic rings. The monoisotopic (exact) mass is 276 g/mol. The largest absolute Gasteiger partial charge is 0.494 e. The fourth-order valence-electron chi connectivity index (χ4n) is 1.59. The van der Waals surface area contributed by atoms with Gasteiger partial charge in [0.1, 0.15) is 5.75 Å². The average molecular weight is 276 g/mol. The van der Waals surface area contributed by atoms with Crippen LogP contribution in [0.5, 0.6) is 5.75 Å². The van der Waals surface area contributed by atoms with Crippen LogP contribution in [0.25, 0.3) is 0 Å². The van der Waals surface area contributed by atoms with Crippen LogP contribution in [0.4, 0.5) is 0 Å². The summed E-state index contributed by atoms with van der Waals surface area (Å²) in [7, 11) is 1.70. The Morgan fingerprint density at radius 1 is 1.20 bits per heavy atom. The quantitative estimate of drug-likeness (QED) is 0.705. The second kappa shape index (κ2) is 8.57. The molecule has 20 heavy (non-hydrogen) atoms. The fourth-order valence-corrected chi connectivity index (χ4v) is 1.59. The predicted octanol–water partition coefficient (Wildman–Crippen LogP) is 2.74. The summed E-state index contributed by atoms with van der Waals surface area (Å²) in [6.45, 7) is 6.79. The van der Waals surface area contributed by atoms with Crippen molar-refractivity contribution in [2.75, 3.05) is 26.9 Å². The molecule has 1 rings (SSSR count). The van der Waals surface area contributed by atoms with Gasteiger partial charge in [-0.3, -0.25) is 0 Å². The maximum atomic E-state index is 8.93. The third-order valence-electron chi connectivity index (χ3n) is 3.03. The first kappa shape index (κ1) is 16.5. The van der Waals surface area contributed by atoms with Crippen molar-refractivity contribution in [3.63, 3.8) is 0 Å². The maximum Gasteiger partial charge on any atom is 0.119 e. The number of nitriles is 1. The minimum atomic E-state index is -0.328. The zero-order chi connectivity index (χ0) is 14.8. The molecule has 4 heteroatoms. The van der Waals surface area contributed by atoms with Crippen molar-refractivity contribution in [1.29, 1.82) is 5.26 Å². The highest BCUT2D eigenvalue weighted by molar-refractivity contribution is 5.27. The normalized spacial score (nSPS) is 11.1. The number of hydrogen-bond donors (Lipinski definition) is 1. The molecule has 4 nitrogen and oxygen atoms in total. The molecule has 0 amide bonds. The van der Waals surface area contributed by atoms with Crippen LogP contribution < -0.4 is 10.1 Å². The van der Waals surface area contributed by atoms with Crippen molar-refractivity contribution in [2.45, 2.75) is 26.8 Å². The van der Waals surface area contributed by atoms with Gasteiger partial charge in [-0.1, -0.05) is 12.1 Å². The van der Waals surface area contributed by atoms with Gasteiger partial charge in [-0.25, -0.2) is 0 Å². The molecule has 0 fully saturated rings. The van der Waals surface area contributed by atoms with E-state index < -0.39 is 0 Å². The standard InChI is InChI=1S/C16H24N2O2/c1-16(2,13-17)8-10-20-15-6-4-14(5-7-15)12-18-9-11-19-3/h4-7,18H,8-12H2,1-3H3. The van der Waals surface area contributed by atoms with Crippen LogP contribution in [-0.4, -0.2) is 26.9 Å². The molecule has 0 atom stereocenters. The molecule has 0 bridgehead atoms. The highest BCUT2D eigenvalue weighted by Crippen LogP contribution is 2.19. The van der Waals surface area contributed by atoms with Crippen LogP contribution >= 0.6 is 0 Å². The molecular weight excluding hydrogens is 252 g/mol. The van der Waals surface area contributed by atoms with Crippen molar-refractivity contribution in [2.24, 2.45) is 5.41 Å². The number of methoxy groups -OCH3 is 1. The van der Waals surface area contributed by atoms with E-state index in [-0.39, 0.29) is 5.41 Å². The van der Waals surface area contributed by atoms with E-state index in [4.69, 9.17) is 14.7 Å². The van der Waals surface area contributed by atoms with Crippen LogP contribution in [0, 0.1) is 16.7 Å². The summed E-state index contributed by atoms with van der Waals surface area (Å²) in [5.74, 6) is 0.847. The Balaban J connectivity index is 2.30. The summed E-state index contributed by atoms with van der Waals surface area (Å²) in [5.41, 5.74) is 0.886. The van der Waals surface area contributed by atoms with Gasteiger partial charge in [0.25, 0.3) is 0 Å². The molecule has 0 aromatic heterocycles. The van der Waals surface area contributed by atoms with Crippen LogP contribution in [0.1, 0.15) is 25.8 Å². The predicted molar refractivity (Wildman–Crippen MR) is 79.5 cm³/mol. The lowest BCUT2D eigenvalue weighted by Gasteiger charge is -2.15. The number of nitrogens with zero attached hydrogens (tertiary/aromatic N) is 1. The molecule has 0 saturated carbocycles. The highest BCUT2D eigenvalue weighted by atomic mass is 16.5. The Kier molecular flexibility index (Phi) is 7.06. The number of benzene rings is 1. The van der Waals surface area contributed by atoms with Gasteiger partial charge < -0.3 is 14.8 Å². The summed E-state index contributed by atoms with van der Waals surface area (Å²) in [6, 6.07) is 10.3. The van der Waals surface area contributed by atoms with Gasteiger partial charge in [0.05, 0.1) is 24.7 Å². The molecule has 0 radical (unpaired) electrons. The molecular formula is C16H24N2O2. The number of ether oxygens (including phenoxy) is 2. The summed E-state index contributed by atoms with van der Waals surface area (Å²) < 4.78 is 10.6. The van der Waals surface area contributed by atoms with Crippen molar-refractivity contribution in [3.05, 3.63) is 29.8 Å². The van der Waals surface area contributed by atoms with Crippen molar-refractivity contribution >= 4 is 0 Å². The van der Waals surface area contributed by atoms with Crippen molar-refractivity contribution in [1.82, 2.24) is 5.32 Å². The van der Waals surface area contributed by atoms with E-state index in [9.17, 15) is 0 Å². The lowest BCUT2D eigenvalue weighted by molar-refractivity contribution is 0.199. The SMILES string of the molecule is COCCNCc1ccc(OCCC(C)(C)C#N)cc1. The number of nitrogens with one attached hydrogen (secondary N) is 1. The number of hydrogen-bond acceptors (Lipinski definition) is 4. The molecule has 0 unspecified atom stereocenters. The van der Waals surface area contributed by atoms with E-state index in [1.165, 1.54) is 5.56 Å². The Morgan fingerprint density at radius 2 is 1.90 bits per heavy atom. The van der Waals surface area contributed by atoms with Gasteiger partial charge in [0.15, 0.2) is 0 Å². The van der Waals surface area contributed by atoms with Gasteiger partial charge in [-0.15, -0.1) is 0 Å². The fraction of sp³-hybridized carbons (Fsp3) is 0.562. The van der Waals surface area contributed by atoms with Crippen molar-refractivity contribution in [3.8, 4) is 11.8 Å². The van der Waals surface area contributed by atoms with E-state index in [1.54, 1.807) is 7.11 Å². The van der Waals surface area contributed by atoms with Crippen molar-refractivity contribution < 1.29 is 9.47 Å². The molecule has 0 aliphatic carbocycles. The third-order valence-corrected chi connectivity index (χ3v) is 3.03. The smallest absolute Gasteiger partial charge is 0.119 e. The summed E-state index contributed by atoms with van der Waals surface area (Å²) >= 11 is 0. The molecule has 0 heterocycles. The third kappa shape index (κ3) is 6.55. The first-order valence-electron chi connectivity index (χ1n) is 6.90. The van der Waals surface area contributed by atoms with Gasteiger partial charge in [-0.05, 0) is 38.0 Å². The highest BCUT2D eigenvalue weighted by Gasteiger charge is 2.16. The maximum absolute atomic E-state index is 8.93. The first-order valence-corrected chi connectivity index (χ1v) is 6.90. The van der Waals surface area contributed by atoms with Gasteiger partial charge in [0.2, 0.25) is 0 Å². The first-order chi connectivity index (χ1) is 9.57. The van der Waals surface area contributed by atoms with E-state index in [1.807, 2.05) is 38.1 Å². The molecule has 1 aromatic rings. The minimum absolute atomic E-state index is 0.328. The average Bonchev–Trinajstić information content (AvgIpc) is 2.45. The minimum Gasteiger partial charge on any atom is -0.494 e. The van der Waals surface area contributed by atoms with E-state index in [2.05, 4.69) is 11.4 Å². The molecule has 0 saturated heterocycles. The van der Waals surface area contributed by atoms with Crippen LogP contribution in [0.15, 0.2) is 24.3 Å². The summed E-state index contributed by atoms with van der Waals surface area (Å²) in [6.07, 6.45) is 0.726. The van der Waals surface area contributed by atoms with E-state index >= 15 is 0 Å². The Hall–Kier alpha value is -1.57. The molecule has 0 spiro atoms. The zero-order valence-electron chi connectivity index (χ0n) is 12.6. The Bertz CT molecular complexity index is 421. The van der Waals surface area contributed by atoms with Gasteiger partial charge >= 0.3 is 0 Å². The van der Waals surface area contributed by atoms with Gasteiger partial charge in [0, 0.05) is 20.2 Å². The summed E-state index contributed by atoms with van der Waals surface area (Å²) in [5, 5.41) is 12.2. The second-order valence-electron chi connectivity index (χ2n) is 5.41. The lowest BCUT2D eigenvalue weighted by Crippen LogP contribution is -2.18. The van der Waals surface area contributed by atoms with Gasteiger partial charge in [-0.2, -0.15) is 5.26 Å². The Labute approximate surface area is 121 Å². The summed E-state index contributed by atoms with van der Waals surface area (Å²) in [4.78, 5) is 0. The lowest BCUT2D eigenvalue weighted by atomic mass is 9.92. The van der Waals surface area contributed by atoms with Crippen LogP contribution in [0.3, 0.4) is 0 Å². The molecule has 1 N–H and O–H groups in total. The second-order valence-corrected chi connectivity index (χ2v) is 5.41. The van der Waals surface area contributed by atoms with E-state index in [0.717, 1.165) is 31.9 Å². The van der Waals surface area contributed by atoms with Crippen LogP contribution in [0.2, 0.25) is 0 Å². The topological polar surface area (TPSA) is 54.3 Å². The zero-order valence-corrected chi connectivity index (χ0v) is 12.6.